The van der Waals surface area contributed by atoms with Crippen molar-refractivity contribution in [3.8, 4) is 0 Å². The van der Waals surface area contributed by atoms with Crippen LogP contribution in [0, 0.1) is 6.92 Å². The number of carbonyl (C=O) groups is 2. The summed E-state index contributed by atoms with van der Waals surface area (Å²) in [5.41, 5.74) is 5.14. The van der Waals surface area contributed by atoms with Gasteiger partial charge in [0.15, 0.2) is 0 Å². The third-order valence-electron chi connectivity index (χ3n) is 10.2. The molecule has 240 valence electrons. The molecule has 0 radical (unpaired) electrons. The Balaban J connectivity index is 1.03. The molecule has 4 aliphatic rings. The third kappa shape index (κ3) is 6.50. The number of urea groups is 1. The van der Waals surface area contributed by atoms with E-state index in [1.165, 1.54) is 5.56 Å². The number of carbonyl (C=O) groups excluding carboxylic acids is 2. The summed E-state index contributed by atoms with van der Waals surface area (Å²) in [5.74, 6) is 1.12. The highest BCUT2D eigenvalue weighted by molar-refractivity contribution is 7.99. The minimum atomic E-state index is -0.665. The quantitative estimate of drug-likeness (QED) is 0.329. The van der Waals surface area contributed by atoms with Gasteiger partial charge in [-0.25, -0.2) is 4.79 Å². The fourth-order valence-electron chi connectivity index (χ4n) is 7.65. The van der Waals surface area contributed by atoms with Crippen LogP contribution in [0.25, 0.3) is 10.9 Å². The number of aromatic amines is 2. The highest BCUT2D eigenvalue weighted by atomic mass is 32.2. The van der Waals surface area contributed by atoms with E-state index in [0.29, 0.717) is 38.6 Å². The lowest BCUT2D eigenvalue weighted by Gasteiger charge is -2.42. The first kappa shape index (κ1) is 30.3. The smallest absolute Gasteiger partial charge is 0.318 e. The average molecular weight is 633 g/mol. The Hall–Kier alpha value is -3.35. The Bertz CT molecular complexity index is 1600. The molecule has 45 heavy (non-hydrogen) atoms. The van der Waals surface area contributed by atoms with Gasteiger partial charge in [0.2, 0.25) is 5.91 Å². The van der Waals surface area contributed by atoms with E-state index in [1.54, 1.807) is 18.0 Å². The largest absolute Gasteiger partial charge is 0.338 e. The molecule has 3 fully saturated rings. The number of fused-ring (bicyclic) bond motifs is 2. The van der Waals surface area contributed by atoms with E-state index in [1.807, 2.05) is 16.7 Å². The Morgan fingerprint density at radius 2 is 1.80 bits per heavy atom. The monoisotopic (exact) mass is 632 g/mol. The number of benzene rings is 1. The van der Waals surface area contributed by atoms with Crippen LogP contribution in [-0.4, -0.2) is 112 Å². The molecule has 0 unspecified atom stereocenters. The van der Waals surface area contributed by atoms with Gasteiger partial charge in [-0.1, -0.05) is 6.07 Å². The van der Waals surface area contributed by atoms with Crippen molar-refractivity contribution in [2.75, 3.05) is 58.1 Å². The Kier molecular flexibility index (Phi) is 8.87. The van der Waals surface area contributed by atoms with Gasteiger partial charge in [-0.2, -0.15) is 5.10 Å². The summed E-state index contributed by atoms with van der Waals surface area (Å²) in [6.45, 7) is 8.33. The maximum absolute atomic E-state index is 14.1. The summed E-state index contributed by atoms with van der Waals surface area (Å²) in [6, 6.07) is 5.94. The number of pyridine rings is 1. The van der Waals surface area contributed by atoms with Crippen molar-refractivity contribution in [3.63, 3.8) is 0 Å². The first-order valence-corrected chi connectivity index (χ1v) is 17.5. The van der Waals surface area contributed by atoms with E-state index >= 15 is 0 Å². The fraction of sp³-hybridized carbons (Fsp3) is 0.576. The molecule has 1 aromatic carbocycles. The second kappa shape index (κ2) is 13.2. The minimum Gasteiger partial charge on any atom is -0.338 e. The van der Waals surface area contributed by atoms with E-state index in [-0.39, 0.29) is 23.4 Å². The minimum absolute atomic E-state index is 0.00171. The number of hydrogen-bond donors (Lipinski definition) is 4. The standard InChI is InChI=1S/C33H44N8O3S/c1-21-16-22(17-25-20-35-38-29(21)25)18-28(32(43)40-13-11-39(12-14-40)26-2-7-34-8-3-26)36-33(44)41-9-4-23(5-10-41)27-19-24-6-15-45-31(24)37-30(27)42/h16-17,19-20,23,26,28,34H,2-15,18H2,1H3,(H,35,38)(H,36,44)(H,37,42)/t28-/m1/s1. The summed E-state index contributed by atoms with van der Waals surface area (Å²) >= 11 is 1.71. The number of likely N-dealkylation sites (tertiary alicyclic amines) is 1. The third-order valence-corrected chi connectivity index (χ3v) is 11.3. The number of nitrogens with zero attached hydrogens (tertiary/aromatic N) is 4. The van der Waals surface area contributed by atoms with Crippen LogP contribution >= 0.6 is 11.8 Å². The molecular formula is C33H44N8O3S. The summed E-state index contributed by atoms with van der Waals surface area (Å²) in [6.07, 6.45) is 6.97. The van der Waals surface area contributed by atoms with Crippen molar-refractivity contribution < 1.29 is 9.59 Å². The lowest BCUT2D eigenvalue weighted by Crippen LogP contribution is -2.59. The van der Waals surface area contributed by atoms with Crippen molar-refractivity contribution in [3.05, 3.63) is 57.0 Å². The van der Waals surface area contributed by atoms with Crippen molar-refractivity contribution >= 4 is 34.6 Å². The van der Waals surface area contributed by atoms with Gasteiger partial charge < -0.3 is 25.4 Å². The SMILES string of the molecule is Cc1cc(C[C@@H](NC(=O)N2CCC(c3cc4c([nH]c3=O)SCC4)CC2)C(=O)N2CCN(C3CCNCC3)CC2)cc2cn[nH]c12. The lowest BCUT2D eigenvalue weighted by atomic mass is 9.89. The Morgan fingerprint density at radius 3 is 2.58 bits per heavy atom. The molecule has 3 amide bonds. The molecule has 3 saturated heterocycles. The number of nitrogens with one attached hydrogen (secondary N) is 4. The first-order valence-electron chi connectivity index (χ1n) is 16.5. The van der Waals surface area contributed by atoms with Crippen LogP contribution in [-0.2, 0) is 17.6 Å². The summed E-state index contributed by atoms with van der Waals surface area (Å²) in [4.78, 5) is 49.9. The molecule has 1 atom stereocenters. The van der Waals surface area contributed by atoms with Crippen molar-refractivity contribution in [2.24, 2.45) is 0 Å². The van der Waals surface area contributed by atoms with Crippen LogP contribution in [0.15, 0.2) is 34.2 Å². The first-order chi connectivity index (χ1) is 21.9. The van der Waals surface area contributed by atoms with Gasteiger partial charge in [0.1, 0.15) is 6.04 Å². The lowest BCUT2D eigenvalue weighted by molar-refractivity contribution is -0.135. The molecule has 4 N–H and O–H groups in total. The van der Waals surface area contributed by atoms with Crippen molar-refractivity contribution in [1.29, 1.82) is 0 Å². The normalized spacial score (nSPS) is 20.8. The zero-order valence-corrected chi connectivity index (χ0v) is 26.9. The zero-order valence-electron chi connectivity index (χ0n) is 26.1. The van der Waals surface area contributed by atoms with Crippen molar-refractivity contribution in [1.82, 2.24) is 40.5 Å². The molecule has 6 heterocycles. The summed E-state index contributed by atoms with van der Waals surface area (Å²) < 4.78 is 0. The van der Waals surface area contributed by atoms with Crippen LogP contribution in [0.4, 0.5) is 4.79 Å². The van der Waals surface area contributed by atoms with Gasteiger partial charge in [-0.05, 0) is 86.9 Å². The molecule has 11 nitrogen and oxygen atoms in total. The number of thioether (sulfide) groups is 1. The molecule has 7 rings (SSSR count). The summed E-state index contributed by atoms with van der Waals surface area (Å²) in [7, 11) is 0. The van der Waals surface area contributed by atoms with Crippen molar-refractivity contribution in [2.45, 2.75) is 68.5 Å². The van der Waals surface area contributed by atoms with E-state index in [0.717, 1.165) is 96.7 Å². The maximum Gasteiger partial charge on any atom is 0.318 e. The van der Waals surface area contributed by atoms with E-state index in [9.17, 15) is 14.4 Å². The molecule has 2 aromatic heterocycles. The Labute approximate surface area is 267 Å². The number of piperidine rings is 2. The average Bonchev–Trinajstić information content (AvgIpc) is 3.74. The summed E-state index contributed by atoms with van der Waals surface area (Å²) in [5, 5.41) is 15.8. The van der Waals surface area contributed by atoms with Crippen LogP contribution < -0.4 is 16.2 Å². The highest BCUT2D eigenvalue weighted by Gasteiger charge is 2.33. The predicted octanol–water partition coefficient (Wildman–Crippen LogP) is 2.60. The highest BCUT2D eigenvalue weighted by Crippen LogP contribution is 2.32. The van der Waals surface area contributed by atoms with Gasteiger partial charge in [0.25, 0.3) is 5.56 Å². The van der Waals surface area contributed by atoms with Gasteiger partial charge in [-0.3, -0.25) is 19.6 Å². The Morgan fingerprint density at radius 1 is 1.02 bits per heavy atom. The number of aryl methyl sites for hydroxylation is 2. The van der Waals surface area contributed by atoms with E-state index < -0.39 is 6.04 Å². The number of amides is 3. The second-order valence-corrected chi connectivity index (χ2v) is 14.2. The number of rotatable bonds is 6. The zero-order chi connectivity index (χ0) is 30.9. The molecule has 0 spiro atoms. The molecule has 0 bridgehead atoms. The van der Waals surface area contributed by atoms with Gasteiger partial charge in [-0.15, -0.1) is 11.8 Å². The predicted molar refractivity (Wildman–Crippen MR) is 176 cm³/mol. The van der Waals surface area contributed by atoms with Gasteiger partial charge >= 0.3 is 6.03 Å². The van der Waals surface area contributed by atoms with Gasteiger partial charge in [0.05, 0.1) is 16.7 Å². The molecule has 0 saturated carbocycles. The number of hydrogen-bond acceptors (Lipinski definition) is 7. The maximum atomic E-state index is 14.1. The molecule has 0 aliphatic carbocycles. The number of piperazine rings is 1. The molecule has 3 aromatic rings. The topological polar surface area (TPSA) is 129 Å². The van der Waals surface area contributed by atoms with Crippen LogP contribution in [0.1, 0.15) is 53.9 Å². The second-order valence-electron chi connectivity index (χ2n) is 13.1. The van der Waals surface area contributed by atoms with Crippen LogP contribution in [0.3, 0.4) is 0 Å². The molecule has 4 aliphatic heterocycles. The van der Waals surface area contributed by atoms with Crippen LogP contribution in [0.2, 0.25) is 0 Å². The van der Waals surface area contributed by atoms with E-state index in [2.05, 4.69) is 48.9 Å². The number of aromatic nitrogens is 3. The fourth-order valence-corrected chi connectivity index (χ4v) is 8.69. The van der Waals surface area contributed by atoms with E-state index in [4.69, 9.17) is 0 Å². The van der Waals surface area contributed by atoms with Crippen LogP contribution in [0.5, 0.6) is 0 Å². The molecule has 12 heteroatoms. The number of H-pyrrole nitrogens is 2. The molecular weight excluding hydrogens is 588 g/mol. The van der Waals surface area contributed by atoms with Gasteiger partial charge in [0, 0.05) is 68.4 Å².